The predicted octanol–water partition coefficient (Wildman–Crippen LogP) is 3.00. The molecule has 40 heavy (non-hydrogen) atoms. The molecule has 0 spiro atoms. The number of hydrogen-bond donors (Lipinski definition) is 1. The van der Waals surface area contributed by atoms with Crippen LogP contribution in [0.25, 0.3) is 0 Å². The van der Waals surface area contributed by atoms with Gasteiger partial charge in [0.05, 0.1) is 26.2 Å². The number of carbonyl (C=O) groups is 1. The summed E-state index contributed by atoms with van der Waals surface area (Å²) in [6.07, 6.45) is 3.57. The number of aromatic nitrogens is 2. The van der Waals surface area contributed by atoms with Crippen molar-refractivity contribution in [1.82, 2.24) is 14.0 Å². The minimum Gasteiger partial charge on any atom is -0.493 e. The smallest absolute Gasteiger partial charge is 0.330 e. The van der Waals surface area contributed by atoms with E-state index in [-0.39, 0.29) is 36.7 Å². The van der Waals surface area contributed by atoms with Crippen LogP contribution >= 0.6 is 0 Å². The van der Waals surface area contributed by atoms with E-state index in [1.54, 1.807) is 14.2 Å². The molecule has 2 heterocycles. The molecule has 212 valence electrons. The minimum absolute atomic E-state index is 0.0689. The van der Waals surface area contributed by atoms with Gasteiger partial charge in [0.15, 0.2) is 11.5 Å². The largest absolute Gasteiger partial charge is 0.493 e. The molecular formula is C30H35N3O7. The fourth-order valence-electron chi connectivity index (χ4n) is 5.51. The van der Waals surface area contributed by atoms with E-state index >= 15 is 0 Å². The highest BCUT2D eigenvalue weighted by Crippen LogP contribution is 2.39. The fourth-order valence-corrected chi connectivity index (χ4v) is 5.51. The Morgan fingerprint density at radius 3 is 2.70 bits per heavy atom. The molecule has 2 aromatic carbocycles. The number of carboxylic acids is 1. The lowest BCUT2D eigenvalue weighted by Crippen LogP contribution is -2.47. The van der Waals surface area contributed by atoms with Crippen molar-refractivity contribution in [1.29, 1.82) is 0 Å². The van der Waals surface area contributed by atoms with Crippen molar-refractivity contribution in [3.63, 3.8) is 0 Å². The van der Waals surface area contributed by atoms with Gasteiger partial charge in [0, 0.05) is 44.4 Å². The quantitative estimate of drug-likeness (QED) is 0.389. The monoisotopic (exact) mass is 549 g/mol. The average Bonchev–Trinajstić information content (AvgIpc) is 3.39. The van der Waals surface area contributed by atoms with Gasteiger partial charge in [-0.05, 0) is 54.7 Å². The van der Waals surface area contributed by atoms with Crippen molar-refractivity contribution in [2.45, 2.75) is 51.4 Å². The molecule has 2 aliphatic rings. The van der Waals surface area contributed by atoms with E-state index in [1.807, 2.05) is 24.3 Å². The standard InChI is InChI=1S/C30H35N3O7/c1-19(21-5-7-25-22(15-21)9-12-39-25)33(24-16-23(17-24)29(35)36)18-20-4-6-26(27(14-20)38-3)40-13-11-32-28(34)8-10-31(2)30(32)37/h4-8,10,14-15,19,23-24H,9,11-13,16-18H2,1-3H3,(H,35,36)/t19-,23-,24+/m0/s1. The molecule has 1 atom stereocenters. The van der Waals surface area contributed by atoms with Crippen LogP contribution in [0.5, 0.6) is 17.2 Å². The summed E-state index contributed by atoms with van der Waals surface area (Å²) in [6, 6.07) is 13.6. The van der Waals surface area contributed by atoms with E-state index in [1.165, 1.54) is 28.0 Å². The van der Waals surface area contributed by atoms with Crippen LogP contribution in [0.2, 0.25) is 0 Å². The Balaban J connectivity index is 1.32. The Morgan fingerprint density at radius 2 is 1.95 bits per heavy atom. The first kappa shape index (κ1) is 27.5. The average molecular weight is 550 g/mol. The minimum atomic E-state index is -0.739. The van der Waals surface area contributed by atoms with Gasteiger partial charge in [0.1, 0.15) is 12.4 Å². The number of hydrogen-bond acceptors (Lipinski definition) is 7. The molecule has 1 N–H and O–H groups in total. The van der Waals surface area contributed by atoms with Gasteiger partial charge in [-0.15, -0.1) is 0 Å². The number of carboxylic acid groups (broad SMARTS) is 1. The van der Waals surface area contributed by atoms with Crippen LogP contribution in [0.15, 0.2) is 58.3 Å². The molecule has 3 aromatic rings. The summed E-state index contributed by atoms with van der Waals surface area (Å²) in [5.74, 6) is 0.949. The lowest BCUT2D eigenvalue weighted by atomic mass is 9.78. The normalized spacial score (nSPS) is 18.5. The molecule has 1 fully saturated rings. The summed E-state index contributed by atoms with van der Waals surface area (Å²) in [4.78, 5) is 38.2. The number of ether oxygens (including phenoxy) is 3. The number of aliphatic carboxylic acids is 1. The SMILES string of the molecule is COc1cc(CN([C@H]2C[C@@H](C(=O)O)C2)[C@@H](C)c2ccc3c(c2)CCO3)ccc1OCCn1c(=O)ccn(C)c1=O. The Kier molecular flexibility index (Phi) is 7.97. The van der Waals surface area contributed by atoms with Gasteiger partial charge >= 0.3 is 11.7 Å². The van der Waals surface area contributed by atoms with Crippen LogP contribution in [0.4, 0.5) is 0 Å². The van der Waals surface area contributed by atoms with E-state index < -0.39 is 11.7 Å². The van der Waals surface area contributed by atoms with Gasteiger partial charge in [0.25, 0.3) is 5.56 Å². The Hall–Kier alpha value is -4.05. The van der Waals surface area contributed by atoms with Gasteiger partial charge in [-0.2, -0.15) is 0 Å². The van der Waals surface area contributed by atoms with Crippen LogP contribution < -0.4 is 25.5 Å². The Morgan fingerprint density at radius 1 is 1.15 bits per heavy atom. The van der Waals surface area contributed by atoms with E-state index in [4.69, 9.17) is 14.2 Å². The maximum absolute atomic E-state index is 12.3. The van der Waals surface area contributed by atoms with Gasteiger partial charge in [-0.3, -0.25) is 19.1 Å². The first-order valence-electron chi connectivity index (χ1n) is 13.6. The summed E-state index contributed by atoms with van der Waals surface area (Å²) in [5.41, 5.74) is 2.62. The molecule has 1 aliphatic heterocycles. The third kappa shape index (κ3) is 5.62. The molecule has 0 saturated heterocycles. The number of fused-ring (bicyclic) bond motifs is 1. The summed E-state index contributed by atoms with van der Waals surface area (Å²) in [5, 5.41) is 9.47. The molecule has 0 radical (unpaired) electrons. The van der Waals surface area contributed by atoms with Crippen molar-refractivity contribution < 1.29 is 24.1 Å². The number of rotatable bonds is 11. The highest BCUT2D eigenvalue weighted by molar-refractivity contribution is 5.71. The maximum Gasteiger partial charge on any atom is 0.330 e. The second-order valence-electron chi connectivity index (χ2n) is 10.5. The summed E-state index contributed by atoms with van der Waals surface area (Å²) >= 11 is 0. The second-order valence-corrected chi connectivity index (χ2v) is 10.5. The molecule has 0 unspecified atom stereocenters. The molecule has 10 heteroatoms. The van der Waals surface area contributed by atoms with Crippen molar-refractivity contribution in [3.8, 4) is 17.2 Å². The van der Waals surface area contributed by atoms with Gasteiger partial charge < -0.3 is 23.9 Å². The van der Waals surface area contributed by atoms with Crippen molar-refractivity contribution >= 4 is 5.97 Å². The molecule has 10 nitrogen and oxygen atoms in total. The zero-order valence-corrected chi connectivity index (χ0v) is 23.0. The first-order chi connectivity index (χ1) is 19.2. The zero-order chi connectivity index (χ0) is 28.4. The molecular weight excluding hydrogens is 514 g/mol. The van der Waals surface area contributed by atoms with E-state index in [2.05, 4.69) is 24.0 Å². The number of nitrogens with zero attached hydrogens (tertiary/aromatic N) is 3. The Bertz CT molecular complexity index is 1510. The molecule has 1 saturated carbocycles. The van der Waals surface area contributed by atoms with Crippen molar-refractivity contribution in [2.24, 2.45) is 13.0 Å². The van der Waals surface area contributed by atoms with Crippen LogP contribution in [-0.4, -0.2) is 51.5 Å². The van der Waals surface area contributed by atoms with Crippen LogP contribution in [-0.2, 0) is 31.4 Å². The highest BCUT2D eigenvalue weighted by atomic mass is 16.5. The lowest BCUT2D eigenvalue weighted by Gasteiger charge is -2.44. The van der Waals surface area contributed by atoms with Gasteiger partial charge in [-0.1, -0.05) is 18.2 Å². The first-order valence-corrected chi connectivity index (χ1v) is 13.6. The molecule has 0 amide bonds. The fraction of sp³-hybridized carbons (Fsp3) is 0.433. The topological polar surface area (TPSA) is 112 Å². The van der Waals surface area contributed by atoms with E-state index in [0.29, 0.717) is 37.5 Å². The summed E-state index contributed by atoms with van der Waals surface area (Å²) in [6.45, 7) is 3.71. The summed E-state index contributed by atoms with van der Waals surface area (Å²) < 4.78 is 19.7. The lowest BCUT2D eigenvalue weighted by molar-refractivity contribution is -0.147. The van der Waals surface area contributed by atoms with E-state index in [0.717, 1.165) is 22.3 Å². The maximum atomic E-state index is 12.3. The summed E-state index contributed by atoms with van der Waals surface area (Å²) in [7, 11) is 3.16. The molecule has 1 aliphatic carbocycles. The molecule has 1 aromatic heterocycles. The molecule has 0 bridgehead atoms. The predicted molar refractivity (Wildman–Crippen MR) is 148 cm³/mol. The van der Waals surface area contributed by atoms with Crippen LogP contribution in [0, 0.1) is 5.92 Å². The zero-order valence-electron chi connectivity index (χ0n) is 23.0. The Labute approximate surface area is 232 Å². The third-order valence-corrected chi connectivity index (χ3v) is 8.03. The van der Waals surface area contributed by atoms with Gasteiger partial charge in [-0.25, -0.2) is 4.79 Å². The second kappa shape index (κ2) is 11.6. The van der Waals surface area contributed by atoms with Crippen molar-refractivity contribution in [2.75, 3.05) is 20.3 Å². The highest BCUT2D eigenvalue weighted by Gasteiger charge is 2.40. The van der Waals surface area contributed by atoms with Crippen LogP contribution in [0.1, 0.15) is 42.5 Å². The molecule has 5 rings (SSSR count). The number of benzene rings is 2. The van der Waals surface area contributed by atoms with E-state index in [9.17, 15) is 19.5 Å². The van der Waals surface area contributed by atoms with Crippen molar-refractivity contribution in [3.05, 3.63) is 86.2 Å². The van der Waals surface area contributed by atoms with Crippen LogP contribution in [0.3, 0.4) is 0 Å². The van der Waals surface area contributed by atoms with Gasteiger partial charge in [0.2, 0.25) is 0 Å². The number of aryl methyl sites for hydroxylation is 1. The third-order valence-electron chi connectivity index (χ3n) is 8.03. The number of methoxy groups -OCH3 is 1.